The molecule has 0 aliphatic carbocycles. The molecule has 0 atom stereocenters. The Kier molecular flexibility index (Phi) is 5.19. The van der Waals surface area contributed by atoms with E-state index in [1.165, 1.54) is 54.7 Å². The van der Waals surface area contributed by atoms with Crippen LogP contribution in [0.25, 0.3) is 5.69 Å². The number of hydrogen-bond donors (Lipinski definition) is 1. The molecule has 7 nitrogen and oxygen atoms in total. The maximum atomic E-state index is 12.5. The van der Waals surface area contributed by atoms with Crippen LogP contribution in [0.2, 0.25) is 10.0 Å². The van der Waals surface area contributed by atoms with E-state index in [1.54, 1.807) is 0 Å². The summed E-state index contributed by atoms with van der Waals surface area (Å²) in [4.78, 5) is 12.1. The molecule has 0 aliphatic heterocycles. The van der Waals surface area contributed by atoms with Gasteiger partial charge in [0.1, 0.15) is 5.02 Å². The minimum atomic E-state index is -3.84. The number of benzene rings is 2. The zero-order valence-electron chi connectivity index (χ0n) is 13.4. The summed E-state index contributed by atoms with van der Waals surface area (Å²) < 4.78 is 28.4. The predicted molar refractivity (Wildman–Crippen MR) is 102 cm³/mol. The summed E-state index contributed by atoms with van der Waals surface area (Å²) in [6, 6.07) is 13.4. The van der Waals surface area contributed by atoms with E-state index < -0.39 is 15.6 Å². The molecule has 0 fully saturated rings. The third kappa shape index (κ3) is 3.95. The fourth-order valence-corrected chi connectivity index (χ4v) is 3.50. The number of halogens is 2. The lowest BCUT2D eigenvalue weighted by atomic mass is 10.2. The van der Waals surface area contributed by atoms with Crippen molar-refractivity contribution in [3.63, 3.8) is 0 Å². The third-order valence-electron chi connectivity index (χ3n) is 3.53. The number of rotatable bonds is 4. The highest BCUT2D eigenvalue weighted by Gasteiger charge is 2.15. The molecule has 0 saturated heterocycles. The van der Waals surface area contributed by atoms with Gasteiger partial charge >= 0.3 is 0 Å². The number of nitrogens with one attached hydrogen (secondary N) is 1. The van der Waals surface area contributed by atoms with E-state index in [0.717, 1.165) is 4.68 Å². The van der Waals surface area contributed by atoms with Crippen molar-refractivity contribution in [2.75, 3.05) is 4.72 Å². The smallest absolute Gasteiger partial charge is 0.280 e. The summed E-state index contributed by atoms with van der Waals surface area (Å²) in [5, 5.41) is 12.5. The Morgan fingerprint density at radius 2 is 1.67 bits per heavy atom. The van der Waals surface area contributed by atoms with Gasteiger partial charge in [0, 0.05) is 5.69 Å². The fraction of sp³-hybridized carbons (Fsp3) is 0. The molecule has 0 spiro atoms. The number of sulfonamides is 1. The van der Waals surface area contributed by atoms with Crippen molar-refractivity contribution < 1.29 is 8.42 Å². The van der Waals surface area contributed by atoms with Gasteiger partial charge in [-0.1, -0.05) is 23.2 Å². The van der Waals surface area contributed by atoms with E-state index >= 15 is 0 Å². The van der Waals surface area contributed by atoms with E-state index in [0.29, 0.717) is 16.9 Å². The molecular weight excluding hydrogens is 411 g/mol. The number of nitrogens with zero attached hydrogens (tertiary/aromatic N) is 3. The second-order valence-corrected chi connectivity index (χ2v) is 7.78. The average Bonchev–Trinajstić information content (AvgIpc) is 2.67. The highest BCUT2D eigenvalue weighted by molar-refractivity contribution is 7.92. The second-order valence-electron chi connectivity index (χ2n) is 5.31. The van der Waals surface area contributed by atoms with Gasteiger partial charge < -0.3 is 0 Å². The van der Waals surface area contributed by atoms with Crippen LogP contribution in [0.3, 0.4) is 0 Å². The number of anilines is 1. The molecule has 136 valence electrons. The first kappa shape index (κ1) is 18.9. The summed E-state index contributed by atoms with van der Waals surface area (Å²) in [6.07, 6.45) is 1.22. The van der Waals surface area contributed by atoms with E-state index in [4.69, 9.17) is 28.5 Å². The van der Waals surface area contributed by atoms with Gasteiger partial charge in [-0.05, 0) is 48.5 Å². The normalized spacial score (nSPS) is 11.0. The highest BCUT2D eigenvalue weighted by atomic mass is 35.5. The van der Waals surface area contributed by atoms with Gasteiger partial charge in [-0.3, -0.25) is 9.52 Å². The largest absolute Gasteiger partial charge is 0.291 e. The lowest BCUT2D eigenvalue weighted by molar-refractivity contribution is 0.601. The van der Waals surface area contributed by atoms with Crippen LogP contribution in [0.1, 0.15) is 5.56 Å². The predicted octanol–water partition coefficient (Wildman–Crippen LogP) is 3.21. The molecule has 10 heteroatoms. The Morgan fingerprint density at radius 1 is 1.04 bits per heavy atom. The molecule has 1 N–H and O–H groups in total. The molecular formula is C17H10Cl2N4O3S. The molecule has 0 aliphatic rings. The first-order chi connectivity index (χ1) is 12.8. The maximum Gasteiger partial charge on any atom is 0.291 e. The molecule has 0 amide bonds. The topological polar surface area (TPSA) is 105 Å². The van der Waals surface area contributed by atoms with Gasteiger partial charge in [0.15, 0.2) is 0 Å². The molecule has 3 aromatic rings. The maximum absolute atomic E-state index is 12.5. The van der Waals surface area contributed by atoms with Gasteiger partial charge in [0.05, 0.1) is 33.4 Å². The lowest BCUT2D eigenvalue weighted by Crippen LogP contribution is -2.21. The Morgan fingerprint density at radius 3 is 2.26 bits per heavy atom. The molecule has 0 saturated carbocycles. The quantitative estimate of drug-likeness (QED) is 0.697. The van der Waals surface area contributed by atoms with Crippen molar-refractivity contribution in [1.29, 1.82) is 5.26 Å². The molecule has 0 bridgehead atoms. The molecule has 0 radical (unpaired) electrons. The van der Waals surface area contributed by atoms with Gasteiger partial charge in [0.2, 0.25) is 0 Å². The first-order valence-corrected chi connectivity index (χ1v) is 9.62. The van der Waals surface area contributed by atoms with E-state index in [1.807, 2.05) is 6.07 Å². The summed E-state index contributed by atoms with van der Waals surface area (Å²) in [6.45, 7) is 0. The number of nitriles is 1. The molecule has 1 aromatic heterocycles. The van der Waals surface area contributed by atoms with Gasteiger partial charge in [-0.25, -0.2) is 8.42 Å². The monoisotopic (exact) mass is 420 g/mol. The SMILES string of the molecule is N#Cc1ccc(NS(=O)(=O)c2ccc(-n3ncc(Cl)c(Cl)c3=O)cc2)cc1. The van der Waals surface area contributed by atoms with Crippen molar-refractivity contribution in [2.24, 2.45) is 0 Å². The molecule has 0 unspecified atom stereocenters. The zero-order valence-corrected chi connectivity index (χ0v) is 15.8. The minimum absolute atomic E-state index is 0.0104. The van der Waals surface area contributed by atoms with Crippen LogP contribution in [0.4, 0.5) is 5.69 Å². The highest BCUT2D eigenvalue weighted by Crippen LogP contribution is 2.19. The van der Waals surface area contributed by atoms with Crippen LogP contribution in [-0.2, 0) is 10.0 Å². The van der Waals surface area contributed by atoms with Crippen LogP contribution >= 0.6 is 23.2 Å². The van der Waals surface area contributed by atoms with Gasteiger partial charge in [0.25, 0.3) is 15.6 Å². The molecule has 2 aromatic carbocycles. The Labute approximate surface area is 164 Å². The van der Waals surface area contributed by atoms with Gasteiger partial charge in [-0.2, -0.15) is 15.0 Å². The van der Waals surface area contributed by atoms with Crippen molar-refractivity contribution in [2.45, 2.75) is 4.90 Å². The summed E-state index contributed by atoms with van der Waals surface area (Å²) in [5.74, 6) is 0. The summed E-state index contributed by atoms with van der Waals surface area (Å²) in [7, 11) is -3.84. The molecule has 1 heterocycles. The van der Waals surface area contributed by atoms with Crippen molar-refractivity contribution in [3.05, 3.63) is 80.7 Å². The van der Waals surface area contributed by atoms with Crippen LogP contribution in [0, 0.1) is 11.3 Å². The van der Waals surface area contributed by atoms with Gasteiger partial charge in [-0.15, -0.1) is 0 Å². The van der Waals surface area contributed by atoms with Crippen molar-refractivity contribution >= 4 is 38.9 Å². The van der Waals surface area contributed by atoms with E-state index in [9.17, 15) is 13.2 Å². The Bertz CT molecular complexity index is 1200. The van der Waals surface area contributed by atoms with Crippen LogP contribution in [0.15, 0.2) is 64.4 Å². The van der Waals surface area contributed by atoms with Crippen LogP contribution in [-0.4, -0.2) is 18.2 Å². The molecule has 3 rings (SSSR count). The zero-order chi connectivity index (χ0) is 19.6. The number of aromatic nitrogens is 2. The second kappa shape index (κ2) is 7.40. The summed E-state index contributed by atoms with van der Waals surface area (Å²) >= 11 is 11.6. The molecule has 27 heavy (non-hydrogen) atoms. The third-order valence-corrected chi connectivity index (χ3v) is 5.68. The Balaban J connectivity index is 1.89. The standard InChI is InChI=1S/C17H10Cl2N4O3S/c18-15-10-21-23(17(24)16(15)19)13-5-7-14(8-6-13)27(25,26)22-12-3-1-11(9-20)2-4-12/h1-8,10,22H. The number of hydrogen-bond acceptors (Lipinski definition) is 5. The first-order valence-electron chi connectivity index (χ1n) is 7.38. The van der Waals surface area contributed by atoms with Crippen LogP contribution < -0.4 is 10.3 Å². The van der Waals surface area contributed by atoms with Crippen LogP contribution in [0.5, 0.6) is 0 Å². The van der Waals surface area contributed by atoms with E-state index in [2.05, 4.69) is 9.82 Å². The fourth-order valence-electron chi connectivity index (χ4n) is 2.19. The van der Waals surface area contributed by atoms with Crippen molar-refractivity contribution in [3.8, 4) is 11.8 Å². The average molecular weight is 421 g/mol. The van der Waals surface area contributed by atoms with E-state index in [-0.39, 0.29) is 14.9 Å². The summed E-state index contributed by atoms with van der Waals surface area (Å²) in [5.41, 5.74) is 0.452. The Hall–Kier alpha value is -2.86. The lowest BCUT2D eigenvalue weighted by Gasteiger charge is -2.10. The van der Waals surface area contributed by atoms with Crippen molar-refractivity contribution in [1.82, 2.24) is 9.78 Å². The minimum Gasteiger partial charge on any atom is -0.280 e.